The zero-order chi connectivity index (χ0) is 18.1. The third kappa shape index (κ3) is 3.18. The molecule has 2 aliphatic heterocycles. The van der Waals surface area contributed by atoms with E-state index in [1.54, 1.807) is 35.8 Å². The molecule has 1 saturated heterocycles. The Hall–Kier alpha value is -2.57. The van der Waals surface area contributed by atoms with Crippen LogP contribution in [0.3, 0.4) is 0 Å². The summed E-state index contributed by atoms with van der Waals surface area (Å²) in [4.78, 5) is 39.3. The van der Waals surface area contributed by atoms with Gasteiger partial charge in [-0.25, -0.2) is 0 Å². The highest BCUT2D eigenvalue weighted by atomic mass is 16.5. The van der Waals surface area contributed by atoms with E-state index in [4.69, 9.17) is 4.74 Å². The van der Waals surface area contributed by atoms with E-state index >= 15 is 0 Å². The summed E-state index contributed by atoms with van der Waals surface area (Å²) in [6.45, 7) is 4.15. The SMILES string of the molecule is CC1Oc2ccccc2N(CCC(=O)N2CCC(C(=O)O)C2C)C1=O. The van der Waals surface area contributed by atoms with Crippen molar-refractivity contribution in [3.63, 3.8) is 0 Å². The number of para-hydroxylation sites is 2. The molecule has 0 aromatic heterocycles. The van der Waals surface area contributed by atoms with Crippen molar-refractivity contribution < 1.29 is 24.2 Å². The Morgan fingerprint density at radius 1 is 1.28 bits per heavy atom. The number of carbonyl (C=O) groups is 3. The normalized spacial score (nSPS) is 25.5. The van der Waals surface area contributed by atoms with Crippen LogP contribution < -0.4 is 9.64 Å². The summed E-state index contributed by atoms with van der Waals surface area (Å²) in [6, 6.07) is 6.93. The van der Waals surface area contributed by atoms with Crippen molar-refractivity contribution >= 4 is 23.5 Å². The zero-order valence-corrected chi connectivity index (χ0v) is 14.3. The molecule has 3 unspecified atom stereocenters. The average Bonchev–Trinajstić information content (AvgIpc) is 2.97. The smallest absolute Gasteiger partial charge is 0.308 e. The predicted octanol–water partition coefficient (Wildman–Crippen LogP) is 1.51. The Labute approximate surface area is 146 Å². The summed E-state index contributed by atoms with van der Waals surface area (Å²) in [7, 11) is 0. The van der Waals surface area contributed by atoms with Gasteiger partial charge in [0.25, 0.3) is 5.91 Å². The number of anilines is 1. The highest BCUT2D eigenvalue weighted by Gasteiger charge is 2.38. The van der Waals surface area contributed by atoms with Crippen LogP contribution in [0.2, 0.25) is 0 Å². The van der Waals surface area contributed by atoms with Crippen molar-refractivity contribution in [1.82, 2.24) is 4.90 Å². The van der Waals surface area contributed by atoms with Crippen LogP contribution in [0.25, 0.3) is 0 Å². The summed E-state index contributed by atoms with van der Waals surface area (Å²) >= 11 is 0. The first-order chi connectivity index (χ1) is 11.9. The number of carboxylic acids is 1. The Balaban J connectivity index is 1.68. The van der Waals surface area contributed by atoms with Gasteiger partial charge < -0.3 is 19.6 Å². The molecule has 7 nitrogen and oxygen atoms in total. The Morgan fingerprint density at radius 2 is 2.00 bits per heavy atom. The van der Waals surface area contributed by atoms with E-state index in [-0.39, 0.29) is 30.8 Å². The molecular weight excluding hydrogens is 324 g/mol. The fourth-order valence-corrected chi connectivity index (χ4v) is 3.56. The van der Waals surface area contributed by atoms with Crippen LogP contribution in [0.5, 0.6) is 5.75 Å². The highest BCUT2D eigenvalue weighted by Crippen LogP contribution is 2.34. The zero-order valence-electron chi connectivity index (χ0n) is 14.3. The number of likely N-dealkylation sites (tertiary alicyclic amines) is 1. The Bertz CT molecular complexity index is 704. The minimum Gasteiger partial charge on any atom is -0.481 e. The lowest BCUT2D eigenvalue weighted by atomic mass is 10.0. The summed E-state index contributed by atoms with van der Waals surface area (Å²) in [5.41, 5.74) is 0.663. The number of benzene rings is 1. The van der Waals surface area contributed by atoms with Crippen molar-refractivity contribution in [2.24, 2.45) is 5.92 Å². The summed E-state index contributed by atoms with van der Waals surface area (Å²) in [5.74, 6) is -1.06. The molecule has 0 radical (unpaired) electrons. The maximum absolute atomic E-state index is 12.5. The quantitative estimate of drug-likeness (QED) is 0.893. The van der Waals surface area contributed by atoms with E-state index in [1.807, 2.05) is 12.1 Å². The van der Waals surface area contributed by atoms with Crippen molar-refractivity contribution in [2.75, 3.05) is 18.0 Å². The highest BCUT2D eigenvalue weighted by molar-refractivity contribution is 6.00. The Kier molecular flexibility index (Phi) is 4.65. The maximum Gasteiger partial charge on any atom is 0.308 e. The third-order valence-electron chi connectivity index (χ3n) is 5.02. The van der Waals surface area contributed by atoms with Gasteiger partial charge in [0.15, 0.2) is 6.10 Å². The number of fused-ring (bicyclic) bond motifs is 1. The molecule has 134 valence electrons. The monoisotopic (exact) mass is 346 g/mol. The van der Waals surface area contributed by atoms with Crippen LogP contribution >= 0.6 is 0 Å². The number of carboxylic acid groups (broad SMARTS) is 1. The number of carbonyl (C=O) groups excluding carboxylic acids is 2. The molecule has 0 bridgehead atoms. The van der Waals surface area contributed by atoms with Crippen molar-refractivity contribution in [3.05, 3.63) is 24.3 Å². The van der Waals surface area contributed by atoms with Crippen LogP contribution in [-0.2, 0) is 14.4 Å². The molecule has 2 aliphatic rings. The van der Waals surface area contributed by atoms with Crippen LogP contribution in [0.15, 0.2) is 24.3 Å². The van der Waals surface area contributed by atoms with Crippen molar-refractivity contribution in [2.45, 2.75) is 38.8 Å². The van der Waals surface area contributed by atoms with E-state index in [2.05, 4.69) is 0 Å². The molecular formula is C18H22N2O5. The number of hydrogen-bond donors (Lipinski definition) is 1. The van der Waals surface area contributed by atoms with Crippen LogP contribution in [0.1, 0.15) is 26.7 Å². The largest absolute Gasteiger partial charge is 0.481 e. The first-order valence-corrected chi connectivity index (χ1v) is 8.49. The number of amides is 2. The van der Waals surface area contributed by atoms with Gasteiger partial charge in [-0.05, 0) is 32.4 Å². The molecule has 0 spiro atoms. The predicted molar refractivity (Wildman–Crippen MR) is 90.4 cm³/mol. The molecule has 3 atom stereocenters. The lowest BCUT2D eigenvalue weighted by Gasteiger charge is -2.33. The standard InChI is InChI=1S/C18H22N2O5/c1-11-13(18(23)24)7-9-19(11)16(21)8-10-20-14-5-3-4-6-15(14)25-12(2)17(20)22/h3-6,11-13H,7-10H2,1-2H3,(H,23,24). The number of nitrogens with zero attached hydrogens (tertiary/aromatic N) is 2. The van der Waals surface area contributed by atoms with Crippen LogP contribution in [-0.4, -0.2) is 53.0 Å². The fourth-order valence-electron chi connectivity index (χ4n) is 3.56. The molecule has 1 fully saturated rings. The third-order valence-corrected chi connectivity index (χ3v) is 5.02. The molecule has 3 rings (SSSR count). The molecule has 0 aliphatic carbocycles. The number of rotatable bonds is 4. The second kappa shape index (κ2) is 6.74. The first kappa shape index (κ1) is 17.3. The van der Waals surface area contributed by atoms with E-state index in [9.17, 15) is 19.5 Å². The van der Waals surface area contributed by atoms with Gasteiger partial charge in [0, 0.05) is 25.6 Å². The van der Waals surface area contributed by atoms with Gasteiger partial charge in [-0.3, -0.25) is 14.4 Å². The topological polar surface area (TPSA) is 87.2 Å². The summed E-state index contributed by atoms with van der Waals surface area (Å²) in [6.07, 6.45) is 0.0364. The van der Waals surface area contributed by atoms with Gasteiger partial charge in [-0.1, -0.05) is 12.1 Å². The van der Waals surface area contributed by atoms with E-state index in [0.29, 0.717) is 24.4 Å². The Morgan fingerprint density at radius 3 is 2.68 bits per heavy atom. The fraction of sp³-hybridized carbons (Fsp3) is 0.500. The number of aliphatic carboxylic acids is 1. The number of hydrogen-bond acceptors (Lipinski definition) is 4. The molecule has 1 aromatic rings. The molecule has 1 N–H and O–H groups in total. The average molecular weight is 346 g/mol. The second-order valence-corrected chi connectivity index (χ2v) is 6.53. The van der Waals surface area contributed by atoms with E-state index in [0.717, 1.165) is 0 Å². The molecule has 7 heteroatoms. The number of ether oxygens (including phenoxy) is 1. The minimum atomic E-state index is -0.867. The van der Waals surface area contributed by atoms with E-state index in [1.165, 1.54) is 0 Å². The molecule has 0 saturated carbocycles. The first-order valence-electron chi connectivity index (χ1n) is 8.49. The molecule has 1 aromatic carbocycles. The van der Waals surface area contributed by atoms with Gasteiger partial charge in [0.05, 0.1) is 11.6 Å². The second-order valence-electron chi connectivity index (χ2n) is 6.53. The summed E-state index contributed by atoms with van der Waals surface area (Å²) < 4.78 is 5.59. The summed E-state index contributed by atoms with van der Waals surface area (Å²) in [5, 5.41) is 9.19. The van der Waals surface area contributed by atoms with Crippen molar-refractivity contribution in [3.8, 4) is 5.75 Å². The van der Waals surface area contributed by atoms with Gasteiger partial charge >= 0.3 is 5.97 Å². The maximum atomic E-state index is 12.5. The lowest BCUT2D eigenvalue weighted by Crippen LogP contribution is -2.46. The van der Waals surface area contributed by atoms with Crippen LogP contribution in [0, 0.1) is 5.92 Å². The van der Waals surface area contributed by atoms with Gasteiger partial charge in [-0.15, -0.1) is 0 Å². The van der Waals surface area contributed by atoms with Gasteiger partial charge in [-0.2, -0.15) is 0 Å². The van der Waals surface area contributed by atoms with Gasteiger partial charge in [0.2, 0.25) is 5.91 Å². The minimum absolute atomic E-state index is 0.124. The molecule has 2 amide bonds. The van der Waals surface area contributed by atoms with E-state index < -0.39 is 18.0 Å². The van der Waals surface area contributed by atoms with Gasteiger partial charge in [0.1, 0.15) is 5.75 Å². The molecule has 25 heavy (non-hydrogen) atoms. The molecule has 2 heterocycles. The van der Waals surface area contributed by atoms with Crippen LogP contribution in [0.4, 0.5) is 5.69 Å². The lowest BCUT2D eigenvalue weighted by molar-refractivity contribution is -0.143. The van der Waals surface area contributed by atoms with Crippen molar-refractivity contribution in [1.29, 1.82) is 0 Å².